The van der Waals surface area contributed by atoms with Gasteiger partial charge in [-0.05, 0) is 43.7 Å². The van der Waals surface area contributed by atoms with Gasteiger partial charge in [-0.15, -0.1) is 0 Å². The van der Waals surface area contributed by atoms with E-state index < -0.39 is 28.0 Å². The predicted octanol–water partition coefficient (Wildman–Crippen LogP) is 3.26. The Hall–Kier alpha value is -2.49. The first-order valence-electron chi connectivity index (χ1n) is 9.34. The highest BCUT2D eigenvalue weighted by molar-refractivity contribution is 7.89. The lowest BCUT2D eigenvalue weighted by Crippen LogP contribution is -2.32. The normalized spacial score (nSPS) is 12.5. The molecule has 30 heavy (non-hydrogen) atoms. The van der Waals surface area contributed by atoms with Crippen molar-refractivity contribution in [1.29, 1.82) is 0 Å². The summed E-state index contributed by atoms with van der Waals surface area (Å²) in [6, 6.07) is 7.35. The predicted molar refractivity (Wildman–Crippen MR) is 114 cm³/mol. The van der Waals surface area contributed by atoms with Crippen LogP contribution in [0.25, 0.3) is 0 Å². The Balaban J connectivity index is 2.16. The molecule has 1 amide bonds. The van der Waals surface area contributed by atoms with Crippen LogP contribution in [0.1, 0.15) is 36.7 Å². The van der Waals surface area contributed by atoms with Gasteiger partial charge >= 0.3 is 5.97 Å². The lowest BCUT2D eigenvalue weighted by atomic mass is 10.1. The van der Waals surface area contributed by atoms with Gasteiger partial charge in [-0.3, -0.25) is 4.79 Å². The maximum Gasteiger partial charge on any atom is 0.338 e. The topological polar surface area (TPSA) is 106 Å². The highest BCUT2D eigenvalue weighted by Crippen LogP contribution is 2.22. The zero-order valence-corrected chi connectivity index (χ0v) is 18.7. The molecule has 0 aliphatic rings. The van der Waals surface area contributed by atoms with E-state index in [2.05, 4.69) is 10.3 Å². The monoisotopic (exact) mass is 453 g/mol. The number of carbonyl (C=O) groups excluding carboxylic acids is 2. The first-order chi connectivity index (χ1) is 14.1. The maximum atomic E-state index is 12.8. The number of amides is 1. The van der Waals surface area contributed by atoms with E-state index in [1.807, 2.05) is 0 Å². The molecule has 0 saturated heterocycles. The molecule has 1 heterocycles. The number of esters is 1. The van der Waals surface area contributed by atoms with Crippen LogP contribution >= 0.6 is 11.6 Å². The van der Waals surface area contributed by atoms with Crippen molar-refractivity contribution in [3.8, 4) is 0 Å². The number of benzene rings is 1. The number of halogens is 1. The fourth-order valence-corrected chi connectivity index (χ4v) is 4.49. The van der Waals surface area contributed by atoms with Crippen molar-refractivity contribution in [3.05, 3.63) is 52.7 Å². The first kappa shape index (κ1) is 23.8. The lowest BCUT2D eigenvalue weighted by molar-refractivity contribution is -0.123. The first-order valence-corrected chi connectivity index (χ1v) is 11.2. The van der Waals surface area contributed by atoms with Gasteiger partial charge in [0.2, 0.25) is 10.0 Å². The molecule has 0 bridgehead atoms. The van der Waals surface area contributed by atoms with Gasteiger partial charge in [-0.1, -0.05) is 31.5 Å². The molecule has 0 unspecified atom stereocenters. The van der Waals surface area contributed by atoms with Gasteiger partial charge in [0.25, 0.3) is 5.91 Å². The maximum absolute atomic E-state index is 12.8. The van der Waals surface area contributed by atoms with Gasteiger partial charge in [0.1, 0.15) is 5.82 Å². The van der Waals surface area contributed by atoms with Gasteiger partial charge in [-0.2, -0.15) is 4.31 Å². The SMILES string of the molecule is CCN(CC)S(=O)(=O)c1cc(C(=O)O[C@H](C)C(=O)Nc2ccc(Cl)cn2)ccc1C. The van der Waals surface area contributed by atoms with E-state index in [0.29, 0.717) is 23.7 Å². The number of nitrogens with zero attached hydrogens (tertiary/aromatic N) is 2. The largest absolute Gasteiger partial charge is 0.449 e. The lowest BCUT2D eigenvalue weighted by Gasteiger charge is -2.20. The summed E-state index contributed by atoms with van der Waals surface area (Å²) >= 11 is 5.75. The third-order valence-electron chi connectivity index (χ3n) is 4.38. The molecule has 10 heteroatoms. The minimum Gasteiger partial charge on any atom is -0.449 e. The van der Waals surface area contributed by atoms with E-state index in [9.17, 15) is 18.0 Å². The number of sulfonamides is 1. The van der Waals surface area contributed by atoms with Gasteiger partial charge in [0.15, 0.2) is 6.10 Å². The van der Waals surface area contributed by atoms with Crippen LogP contribution in [-0.2, 0) is 19.6 Å². The van der Waals surface area contributed by atoms with Crippen LogP contribution < -0.4 is 5.32 Å². The summed E-state index contributed by atoms with van der Waals surface area (Å²) in [5.41, 5.74) is 0.550. The number of rotatable bonds is 8. The molecule has 0 spiro atoms. The number of anilines is 1. The second-order valence-corrected chi connectivity index (χ2v) is 8.81. The Labute approximate surface area is 181 Å². The van der Waals surface area contributed by atoms with E-state index >= 15 is 0 Å². The van der Waals surface area contributed by atoms with E-state index in [4.69, 9.17) is 16.3 Å². The smallest absolute Gasteiger partial charge is 0.338 e. The van der Waals surface area contributed by atoms with Gasteiger partial charge < -0.3 is 10.1 Å². The van der Waals surface area contributed by atoms with Gasteiger partial charge in [0, 0.05) is 19.3 Å². The second-order valence-electron chi connectivity index (χ2n) is 6.47. The van der Waals surface area contributed by atoms with Crippen molar-refractivity contribution in [2.24, 2.45) is 0 Å². The molecule has 2 aromatic rings. The number of pyridine rings is 1. The van der Waals surface area contributed by atoms with E-state index in [0.717, 1.165) is 0 Å². The highest BCUT2D eigenvalue weighted by Gasteiger charge is 2.26. The fourth-order valence-electron chi connectivity index (χ4n) is 2.67. The van der Waals surface area contributed by atoms with Crippen LogP contribution in [-0.4, -0.2) is 48.8 Å². The van der Waals surface area contributed by atoms with Crippen molar-refractivity contribution in [3.63, 3.8) is 0 Å². The van der Waals surface area contributed by atoms with Crippen molar-refractivity contribution in [2.75, 3.05) is 18.4 Å². The third kappa shape index (κ3) is 5.56. The van der Waals surface area contributed by atoms with Crippen molar-refractivity contribution in [1.82, 2.24) is 9.29 Å². The Morgan fingerprint density at radius 1 is 1.20 bits per heavy atom. The average Bonchev–Trinajstić information content (AvgIpc) is 2.70. The molecule has 2 rings (SSSR count). The molecular formula is C20H24ClN3O5S. The van der Waals surface area contributed by atoms with E-state index in [1.54, 1.807) is 26.8 Å². The molecule has 0 aliphatic carbocycles. The Morgan fingerprint density at radius 3 is 2.43 bits per heavy atom. The van der Waals surface area contributed by atoms with Crippen LogP contribution in [0.4, 0.5) is 5.82 Å². The number of aromatic nitrogens is 1. The average molecular weight is 454 g/mol. The summed E-state index contributed by atoms with van der Waals surface area (Å²) in [4.78, 5) is 28.7. The fraction of sp³-hybridized carbons (Fsp3) is 0.350. The summed E-state index contributed by atoms with van der Waals surface area (Å²) in [6.07, 6.45) is 0.247. The molecule has 0 radical (unpaired) electrons. The molecule has 162 valence electrons. The molecule has 1 atom stereocenters. The number of carbonyl (C=O) groups is 2. The minimum absolute atomic E-state index is 0.0307. The zero-order chi connectivity index (χ0) is 22.5. The quantitative estimate of drug-likeness (QED) is 0.615. The number of hydrogen-bond donors (Lipinski definition) is 1. The molecule has 1 N–H and O–H groups in total. The molecule has 1 aromatic heterocycles. The van der Waals surface area contributed by atoms with Crippen molar-refractivity contribution in [2.45, 2.75) is 38.7 Å². The summed E-state index contributed by atoms with van der Waals surface area (Å²) < 4.78 is 32.2. The Morgan fingerprint density at radius 2 is 1.87 bits per heavy atom. The van der Waals surface area contributed by atoms with E-state index in [-0.39, 0.29) is 16.3 Å². The molecule has 0 saturated carbocycles. The zero-order valence-electron chi connectivity index (χ0n) is 17.2. The van der Waals surface area contributed by atoms with Crippen LogP contribution in [0.5, 0.6) is 0 Å². The second kappa shape index (κ2) is 10.0. The number of ether oxygens (including phenoxy) is 1. The summed E-state index contributed by atoms with van der Waals surface area (Å²) in [6.45, 7) is 7.16. The van der Waals surface area contributed by atoms with Gasteiger partial charge in [-0.25, -0.2) is 18.2 Å². The Bertz CT molecular complexity index is 1020. The number of hydrogen-bond acceptors (Lipinski definition) is 6. The summed E-state index contributed by atoms with van der Waals surface area (Å²) in [5.74, 6) is -1.13. The highest BCUT2D eigenvalue weighted by atomic mass is 35.5. The summed E-state index contributed by atoms with van der Waals surface area (Å²) in [7, 11) is -3.75. The molecule has 8 nitrogen and oxygen atoms in total. The minimum atomic E-state index is -3.75. The summed E-state index contributed by atoms with van der Waals surface area (Å²) in [5, 5.41) is 2.93. The number of aryl methyl sites for hydroxylation is 1. The van der Waals surface area contributed by atoms with Crippen LogP contribution in [0.2, 0.25) is 5.02 Å². The molecule has 0 aliphatic heterocycles. The van der Waals surface area contributed by atoms with Gasteiger partial charge in [0.05, 0.1) is 15.5 Å². The van der Waals surface area contributed by atoms with E-state index in [1.165, 1.54) is 41.7 Å². The van der Waals surface area contributed by atoms with Crippen molar-refractivity contribution < 1.29 is 22.7 Å². The van der Waals surface area contributed by atoms with Crippen LogP contribution in [0.15, 0.2) is 41.4 Å². The number of nitrogens with one attached hydrogen (secondary N) is 1. The van der Waals surface area contributed by atoms with Crippen LogP contribution in [0, 0.1) is 6.92 Å². The third-order valence-corrected chi connectivity index (χ3v) is 6.79. The Kier molecular flexibility index (Phi) is 7.94. The molecule has 1 aromatic carbocycles. The van der Waals surface area contributed by atoms with Crippen molar-refractivity contribution >= 4 is 39.3 Å². The molecule has 0 fully saturated rings. The molecular weight excluding hydrogens is 430 g/mol. The standard InChI is InChI=1S/C20H24ClN3O5S/c1-5-24(6-2)30(27,28)17-11-15(8-7-13(17)3)20(26)29-14(4)19(25)23-18-10-9-16(21)12-22-18/h7-12,14H,5-6H2,1-4H3,(H,22,23,25)/t14-/m1/s1. The van der Waals surface area contributed by atoms with Crippen LogP contribution in [0.3, 0.4) is 0 Å².